The first-order chi connectivity index (χ1) is 9.52. The van der Waals surface area contributed by atoms with Crippen LogP contribution in [-0.4, -0.2) is 35.7 Å². The Morgan fingerprint density at radius 2 is 1.70 bits per heavy atom. The van der Waals surface area contributed by atoms with Crippen LogP contribution in [0.25, 0.3) is 0 Å². The maximum absolute atomic E-state index is 11.8. The molecule has 0 aliphatic carbocycles. The number of hydrogen-bond acceptors (Lipinski definition) is 4. The molecule has 0 heterocycles. The van der Waals surface area contributed by atoms with Gasteiger partial charge in [0.15, 0.2) is 0 Å². The monoisotopic (exact) mass is 287 g/mol. The van der Waals surface area contributed by atoms with Crippen LogP contribution < -0.4 is 5.32 Å². The number of unbranched alkanes of at least 4 members (excludes halogenated alkanes) is 5. The first-order valence-electron chi connectivity index (χ1n) is 7.68. The lowest BCUT2D eigenvalue weighted by molar-refractivity contribution is -0.147. The van der Waals surface area contributed by atoms with Crippen molar-refractivity contribution in [2.45, 2.75) is 77.8 Å². The predicted molar refractivity (Wildman–Crippen MR) is 78.6 cm³/mol. The second-order valence-electron chi connectivity index (χ2n) is 5.09. The van der Waals surface area contributed by atoms with Gasteiger partial charge in [0, 0.05) is 0 Å². The number of nitrogens with one attached hydrogen (secondary N) is 1. The van der Waals surface area contributed by atoms with Crippen molar-refractivity contribution in [3.63, 3.8) is 0 Å². The van der Waals surface area contributed by atoms with Crippen LogP contribution in [0, 0.1) is 0 Å². The lowest BCUT2D eigenvalue weighted by Crippen LogP contribution is -2.46. The van der Waals surface area contributed by atoms with E-state index in [9.17, 15) is 9.59 Å². The molecule has 0 aliphatic heterocycles. The van der Waals surface area contributed by atoms with Crippen LogP contribution in [0.15, 0.2) is 0 Å². The Balaban J connectivity index is 4.11. The normalized spacial score (nSPS) is 13.8. The molecule has 0 radical (unpaired) electrons. The van der Waals surface area contributed by atoms with Crippen LogP contribution >= 0.6 is 0 Å². The van der Waals surface area contributed by atoms with Gasteiger partial charge < -0.3 is 9.84 Å². The summed E-state index contributed by atoms with van der Waals surface area (Å²) in [5.74, 6) is -1.31. The molecule has 2 atom stereocenters. The molecule has 20 heavy (non-hydrogen) atoms. The van der Waals surface area contributed by atoms with E-state index in [-0.39, 0.29) is 5.97 Å². The minimum absolute atomic E-state index is 0.314. The molecular formula is C15H29NO4. The lowest BCUT2D eigenvalue weighted by Gasteiger charge is -2.19. The topological polar surface area (TPSA) is 75.6 Å². The van der Waals surface area contributed by atoms with Crippen molar-refractivity contribution in [2.24, 2.45) is 0 Å². The van der Waals surface area contributed by atoms with Gasteiger partial charge in [0.25, 0.3) is 0 Å². The summed E-state index contributed by atoms with van der Waals surface area (Å²) in [6.07, 6.45) is 7.45. The molecule has 0 bridgehead atoms. The maximum Gasteiger partial charge on any atom is 0.323 e. The third-order valence-corrected chi connectivity index (χ3v) is 3.24. The molecule has 0 rings (SSSR count). The highest BCUT2D eigenvalue weighted by molar-refractivity contribution is 5.78. The van der Waals surface area contributed by atoms with Crippen molar-refractivity contribution < 1.29 is 19.4 Å². The highest BCUT2D eigenvalue weighted by atomic mass is 16.5. The largest absolute Gasteiger partial charge is 0.480 e. The smallest absolute Gasteiger partial charge is 0.323 e. The van der Waals surface area contributed by atoms with E-state index in [1.165, 1.54) is 26.2 Å². The fourth-order valence-corrected chi connectivity index (χ4v) is 2.01. The Bertz CT molecular complexity index is 281. The average molecular weight is 287 g/mol. The lowest BCUT2D eigenvalue weighted by atomic mass is 10.0. The van der Waals surface area contributed by atoms with Crippen LogP contribution in [0.5, 0.6) is 0 Å². The average Bonchev–Trinajstić information content (AvgIpc) is 2.41. The van der Waals surface area contributed by atoms with E-state index >= 15 is 0 Å². The van der Waals surface area contributed by atoms with E-state index < -0.39 is 18.1 Å². The third kappa shape index (κ3) is 8.91. The number of esters is 1. The molecule has 0 aliphatic rings. The predicted octanol–water partition coefficient (Wildman–Crippen LogP) is 2.73. The van der Waals surface area contributed by atoms with E-state index in [4.69, 9.17) is 9.84 Å². The number of ether oxygens (including phenoxy) is 1. The first-order valence-corrected chi connectivity index (χ1v) is 7.68. The summed E-state index contributed by atoms with van der Waals surface area (Å²) in [7, 11) is 0. The van der Waals surface area contributed by atoms with E-state index in [0.717, 1.165) is 19.3 Å². The van der Waals surface area contributed by atoms with Gasteiger partial charge in [0.05, 0.1) is 6.61 Å². The fourth-order valence-electron chi connectivity index (χ4n) is 2.01. The molecule has 0 spiro atoms. The Morgan fingerprint density at radius 1 is 1.10 bits per heavy atom. The highest BCUT2D eigenvalue weighted by Gasteiger charge is 2.23. The molecule has 2 unspecified atom stereocenters. The first kappa shape index (κ1) is 18.9. The minimum Gasteiger partial charge on any atom is -0.480 e. The standard InChI is InChI=1S/C15H29NO4/c1-4-6-7-8-9-10-11-13(15(19)20-5-2)16-12(3)14(17)18/h12-13,16H,4-11H2,1-3H3,(H,17,18). The summed E-state index contributed by atoms with van der Waals surface area (Å²) in [5, 5.41) is 11.7. The van der Waals surface area contributed by atoms with Crippen molar-refractivity contribution in [2.75, 3.05) is 6.61 Å². The summed E-state index contributed by atoms with van der Waals surface area (Å²) >= 11 is 0. The number of rotatable bonds is 12. The molecular weight excluding hydrogens is 258 g/mol. The number of carboxylic acids is 1. The molecule has 0 aromatic rings. The van der Waals surface area contributed by atoms with E-state index in [1.807, 2.05) is 0 Å². The zero-order valence-electron chi connectivity index (χ0n) is 13.0. The quantitative estimate of drug-likeness (QED) is 0.426. The van der Waals surface area contributed by atoms with Gasteiger partial charge in [-0.25, -0.2) is 0 Å². The number of carbonyl (C=O) groups is 2. The van der Waals surface area contributed by atoms with E-state index in [0.29, 0.717) is 13.0 Å². The number of aliphatic carboxylic acids is 1. The van der Waals surface area contributed by atoms with Crippen molar-refractivity contribution in [1.29, 1.82) is 0 Å². The molecule has 0 saturated carbocycles. The number of carboxylic acid groups (broad SMARTS) is 1. The number of carbonyl (C=O) groups excluding carboxylic acids is 1. The van der Waals surface area contributed by atoms with Gasteiger partial charge in [-0.3, -0.25) is 14.9 Å². The van der Waals surface area contributed by atoms with Gasteiger partial charge in [-0.2, -0.15) is 0 Å². The van der Waals surface area contributed by atoms with Gasteiger partial charge in [0.1, 0.15) is 12.1 Å². The zero-order valence-corrected chi connectivity index (χ0v) is 13.0. The molecule has 0 amide bonds. The van der Waals surface area contributed by atoms with Crippen LogP contribution in [0.4, 0.5) is 0 Å². The van der Waals surface area contributed by atoms with Gasteiger partial charge in [-0.05, 0) is 20.3 Å². The highest BCUT2D eigenvalue weighted by Crippen LogP contribution is 2.10. The molecule has 2 N–H and O–H groups in total. The zero-order chi connectivity index (χ0) is 15.4. The SMILES string of the molecule is CCCCCCCCC(NC(C)C(=O)O)C(=O)OCC. The molecule has 0 aromatic heterocycles. The summed E-state index contributed by atoms with van der Waals surface area (Å²) in [5.41, 5.74) is 0. The number of hydrogen-bond donors (Lipinski definition) is 2. The Kier molecular flexibility index (Phi) is 11.1. The van der Waals surface area contributed by atoms with Gasteiger partial charge in [0.2, 0.25) is 0 Å². The van der Waals surface area contributed by atoms with Crippen LogP contribution in [0.2, 0.25) is 0 Å². The molecule has 0 saturated heterocycles. The van der Waals surface area contributed by atoms with Gasteiger partial charge in [-0.1, -0.05) is 45.4 Å². The van der Waals surface area contributed by atoms with Crippen molar-refractivity contribution in [1.82, 2.24) is 5.32 Å². The molecule has 0 aromatic carbocycles. The summed E-state index contributed by atoms with van der Waals surface area (Å²) < 4.78 is 4.99. The molecule has 5 heteroatoms. The second-order valence-corrected chi connectivity index (χ2v) is 5.09. The Labute approximate surface area is 122 Å². The van der Waals surface area contributed by atoms with Crippen LogP contribution in [-0.2, 0) is 14.3 Å². The van der Waals surface area contributed by atoms with E-state index in [1.54, 1.807) is 6.92 Å². The van der Waals surface area contributed by atoms with Crippen LogP contribution in [0.1, 0.15) is 65.7 Å². The van der Waals surface area contributed by atoms with Gasteiger partial charge >= 0.3 is 11.9 Å². The summed E-state index contributed by atoms with van der Waals surface area (Å²) in [6, 6.07) is -1.27. The summed E-state index contributed by atoms with van der Waals surface area (Å²) in [4.78, 5) is 22.6. The molecule has 118 valence electrons. The van der Waals surface area contributed by atoms with Crippen molar-refractivity contribution >= 4 is 11.9 Å². The third-order valence-electron chi connectivity index (χ3n) is 3.24. The van der Waals surface area contributed by atoms with E-state index in [2.05, 4.69) is 12.2 Å². The minimum atomic E-state index is -0.956. The van der Waals surface area contributed by atoms with Crippen molar-refractivity contribution in [3.8, 4) is 0 Å². The fraction of sp³-hybridized carbons (Fsp3) is 0.867. The Morgan fingerprint density at radius 3 is 2.25 bits per heavy atom. The maximum atomic E-state index is 11.8. The second kappa shape index (κ2) is 11.7. The van der Waals surface area contributed by atoms with Crippen LogP contribution in [0.3, 0.4) is 0 Å². The molecule has 0 fully saturated rings. The summed E-state index contributed by atoms with van der Waals surface area (Å²) in [6.45, 7) is 5.78. The van der Waals surface area contributed by atoms with Crippen molar-refractivity contribution in [3.05, 3.63) is 0 Å². The molecule has 5 nitrogen and oxygen atoms in total. The van der Waals surface area contributed by atoms with Gasteiger partial charge in [-0.15, -0.1) is 0 Å². The Hall–Kier alpha value is -1.10.